The van der Waals surface area contributed by atoms with Gasteiger partial charge in [-0.15, -0.1) is 0 Å². The zero-order chi connectivity index (χ0) is 13.0. The summed E-state index contributed by atoms with van der Waals surface area (Å²) in [6.45, 7) is 0.375. The molecule has 1 heterocycles. The molecule has 0 aromatic heterocycles. The Morgan fingerprint density at radius 3 is 2.47 bits per heavy atom. The second-order valence-electron chi connectivity index (χ2n) is 4.01. The SMILES string of the molecule is O=C(O)CC(CS)C(=O)N1CCC[C@H]1C(=O)O. The first-order chi connectivity index (χ1) is 7.97. The second-order valence-corrected chi connectivity index (χ2v) is 4.37. The summed E-state index contributed by atoms with van der Waals surface area (Å²) in [5.74, 6) is -3.19. The van der Waals surface area contributed by atoms with Crippen LogP contribution in [0, 0.1) is 5.92 Å². The molecule has 2 N–H and O–H groups in total. The molecule has 1 fully saturated rings. The van der Waals surface area contributed by atoms with Crippen LogP contribution in [0.2, 0.25) is 0 Å². The van der Waals surface area contributed by atoms with Gasteiger partial charge in [-0.05, 0) is 12.8 Å². The maximum Gasteiger partial charge on any atom is 0.326 e. The Kier molecular flexibility index (Phi) is 4.80. The number of amides is 1. The predicted octanol–water partition coefficient (Wildman–Crippen LogP) is 0.0827. The Bertz CT molecular complexity index is 333. The first-order valence-corrected chi connectivity index (χ1v) is 5.96. The average Bonchev–Trinajstić information content (AvgIpc) is 2.73. The van der Waals surface area contributed by atoms with E-state index >= 15 is 0 Å². The predicted molar refractivity (Wildman–Crippen MR) is 62.0 cm³/mol. The zero-order valence-electron chi connectivity index (χ0n) is 9.20. The summed E-state index contributed by atoms with van der Waals surface area (Å²) in [7, 11) is 0. The lowest BCUT2D eigenvalue weighted by Crippen LogP contribution is -2.44. The molecule has 1 amide bonds. The number of likely N-dealkylation sites (tertiary alicyclic amines) is 1. The van der Waals surface area contributed by atoms with Gasteiger partial charge in [-0.3, -0.25) is 9.59 Å². The van der Waals surface area contributed by atoms with E-state index in [4.69, 9.17) is 10.2 Å². The van der Waals surface area contributed by atoms with E-state index < -0.39 is 29.8 Å². The lowest BCUT2D eigenvalue weighted by molar-refractivity contribution is -0.151. The molecule has 7 heteroatoms. The van der Waals surface area contributed by atoms with Crippen molar-refractivity contribution >= 4 is 30.5 Å². The van der Waals surface area contributed by atoms with Crippen molar-refractivity contribution in [1.82, 2.24) is 4.90 Å². The number of aliphatic carboxylic acids is 2. The van der Waals surface area contributed by atoms with Gasteiger partial charge in [0.05, 0.1) is 12.3 Å². The van der Waals surface area contributed by atoms with Crippen molar-refractivity contribution in [1.29, 1.82) is 0 Å². The molecule has 0 saturated carbocycles. The highest BCUT2D eigenvalue weighted by Gasteiger charge is 2.37. The standard InChI is InChI=1S/C10H15NO5S/c12-8(13)4-6(5-17)9(14)11-3-1-2-7(11)10(15)16/h6-7,17H,1-5H2,(H,12,13)(H,15,16)/t6?,7-/m0/s1. The summed E-state index contributed by atoms with van der Waals surface area (Å²) < 4.78 is 0. The van der Waals surface area contributed by atoms with Crippen molar-refractivity contribution in [2.75, 3.05) is 12.3 Å². The van der Waals surface area contributed by atoms with Crippen LogP contribution in [0.15, 0.2) is 0 Å². The minimum Gasteiger partial charge on any atom is -0.481 e. The van der Waals surface area contributed by atoms with E-state index in [2.05, 4.69) is 12.6 Å². The Hall–Kier alpha value is -1.24. The number of carbonyl (C=O) groups is 3. The number of thiol groups is 1. The van der Waals surface area contributed by atoms with Crippen LogP contribution in [0.5, 0.6) is 0 Å². The highest BCUT2D eigenvalue weighted by Crippen LogP contribution is 2.21. The molecule has 0 aromatic rings. The number of carboxylic acid groups (broad SMARTS) is 2. The van der Waals surface area contributed by atoms with Crippen molar-refractivity contribution in [3.8, 4) is 0 Å². The van der Waals surface area contributed by atoms with E-state index in [1.807, 2.05) is 0 Å². The smallest absolute Gasteiger partial charge is 0.326 e. The average molecular weight is 261 g/mol. The van der Waals surface area contributed by atoms with Crippen LogP contribution in [0.4, 0.5) is 0 Å². The minimum absolute atomic E-state index is 0.105. The Balaban J connectivity index is 2.73. The summed E-state index contributed by atoms with van der Waals surface area (Å²) in [5, 5.41) is 17.6. The van der Waals surface area contributed by atoms with Crippen LogP contribution in [0.1, 0.15) is 19.3 Å². The quantitative estimate of drug-likeness (QED) is 0.609. The normalized spacial score (nSPS) is 21.2. The number of hydrogen-bond acceptors (Lipinski definition) is 4. The maximum atomic E-state index is 12.0. The number of hydrogen-bond donors (Lipinski definition) is 3. The molecule has 17 heavy (non-hydrogen) atoms. The van der Waals surface area contributed by atoms with Crippen LogP contribution < -0.4 is 0 Å². The molecule has 0 aliphatic carbocycles. The maximum absolute atomic E-state index is 12.0. The van der Waals surface area contributed by atoms with Crippen molar-refractivity contribution < 1.29 is 24.6 Å². The van der Waals surface area contributed by atoms with Gasteiger partial charge in [0.25, 0.3) is 0 Å². The van der Waals surface area contributed by atoms with Crippen LogP contribution in [-0.2, 0) is 14.4 Å². The van der Waals surface area contributed by atoms with Gasteiger partial charge >= 0.3 is 11.9 Å². The van der Waals surface area contributed by atoms with Crippen LogP contribution in [-0.4, -0.2) is 51.3 Å². The van der Waals surface area contributed by atoms with Gasteiger partial charge in [0.2, 0.25) is 5.91 Å². The van der Waals surface area contributed by atoms with E-state index in [0.717, 1.165) is 0 Å². The largest absolute Gasteiger partial charge is 0.481 e. The fourth-order valence-electron chi connectivity index (χ4n) is 1.96. The molecule has 96 valence electrons. The molecule has 1 saturated heterocycles. The van der Waals surface area contributed by atoms with Crippen molar-refractivity contribution in [3.05, 3.63) is 0 Å². The fourth-order valence-corrected chi connectivity index (χ4v) is 2.25. The molecule has 0 radical (unpaired) electrons. The fraction of sp³-hybridized carbons (Fsp3) is 0.700. The van der Waals surface area contributed by atoms with Gasteiger partial charge in [0.15, 0.2) is 0 Å². The molecule has 1 aliphatic rings. The summed E-state index contributed by atoms with van der Waals surface area (Å²) >= 11 is 3.95. The number of nitrogens with zero attached hydrogens (tertiary/aromatic N) is 1. The van der Waals surface area contributed by atoms with E-state index in [1.54, 1.807) is 0 Å². The van der Waals surface area contributed by atoms with Gasteiger partial charge in [0.1, 0.15) is 6.04 Å². The number of rotatable bonds is 5. The lowest BCUT2D eigenvalue weighted by atomic mass is 10.1. The first kappa shape index (κ1) is 13.8. The summed E-state index contributed by atoms with van der Waals surface area (Å²) in [5.41, 5.74) is 0. The third-order valence-electron chi connectivity index (χ3n) is 2.81. The van der Waals surface area contributed by atoms with E-state index in [9.17, 15) is 14.4 Å². The Morgan fingerprint density at radius 1 is 1.35 bits per heavy atom. The van der Waals surface area contributed by atoms with Crippen molar-refractivity contribution in [2.24, 2.45) is 5.92 Å². The number of carboxylic acids is 2. The highest BCUT2D eigenvalue weighted by atomic mass is 32.1. The Morgan fingerprint density at radius 2 is 2.00 bits per heavy atom. The highest BCUT2D eigenvalue weighted by molar-refractivity contribution is 7.80. The Labute approximate surface area is 104 Å². The van der Waals surface area contributed by atoms with Crippen LogP contribution >= 0.6 is 12.6 Å². The molecular formula is C10H15NO5S. The zero-order valence-corrected chi connectivity index (χ0v) is 10.1. The summed E-state index contributed by atoms with van der Waals surface area (Å²) in [4.78, 5) is 34.7. The van der Waals surface area contributed by atoms with E-state index in [1.165, 1.54) is 4.90 Å². The molecule has 0 spiro atoms. The van der Waals surface area contributed by atoms with Crippen molar-refractivity contribution in [2.45, 2.75) is 25.3 Å². The summed E-state index contributed by atoms with van der Waals surface area (Å²) in [6, 6.07) is -0.821. The monoisotopic (exact) mass is 261 g/mol. The molecule has 1 rings (SSSR count). The molecular weight excluding hydrogens is 246 g/mol. The molecule has 0 bridgehead atoms. The first-order valence-electron chi connectivity index (χ1n) is 5.33. The van der Waals surface area contributed by atoms with Gasteiger partial charge in [-0.25, -0.2) is 4.79 Å². The van der Waals surface area contributed by atoms with Crippen LogP contribution in [0.3, 0.4) is 0 Å². The molecule has 6 nitrogen and oxygen atoms in total. The van der Waals surface area contributed by atoms with E-state index in [0.29, 0.717) is 19.4 Å². The third-order valence-corrected chi connectivity index (χ3v) is 3.25. The molecule has 2 atom stereocenters. The second kappa shape index (κ2) is 5.90. The molecule has 0 aromatic carbocycles. The van der Waals surface area contributed by atoms with Crippen molar-refractivity contribution in [3.63, 3.8) is 0 Å². The van der Waals surface area contributed by atoms with Crippen LogP contribution in [0.25, 0.3) is 0 Å². The van der Waals surface area contributed by atoms with Gasteiger partial charge < -0.3 is 15.1 Å². The minimum atomic E-state index is -1.08. The molecule has 1 unspecified atom stereocenters. The molecule has 1 aliphatic heterocycles. The van der Waals surface area contributed by atoms with Gasteiger partial charge in [-0.1, -0.05) is 0 Å². The topological polar surface area (TPSA) is 94.9 Å². The summed E-state index contributed by atoms with van der Waals surface area (Å²) in [6.07, 6.45) is 0.744. The van der Waals surface area contributed by atoms with E-state index in [-0.39, 0.29) is 12.2 Å². The van der Waals surface area contributed by atoms with Gasteiger partial charge in [-0.2, -0.15) is 12.6 Å². The lowest BCUT2D eigenvalue weighted by Gasteiger charge is -2.25. The third kappa shape index (κ3) is 3.36. The van der Waals surface area contributed by atoms with Gasteiger partial charge in [0, 0.05) is 12.3 Å². The number of carbonyl (C=O) groups excluding carboxylic acids is 1.